The predicted octanol–water partition coefficient (Wildman–Crippen LogP) is 4.55. The highest BCUT2D eigenvalue weighted by Crippen LogP contribution is 2.25. The maximum absolute atomic E-state index is 14.1. The number of carbonyl (C=O) groups excluding carboxylic acids is 2. The van der Waals surface area contributed by atoms with Crippen LogP contribution >= 0.6 is 0 Å². The number of halogens is 1. The molecule has 0 aliphatic rings. The summed E-state index contributed by atoms with van der Waals surface area (Å²) in [5, 5.41) is 4.83. The van der Waals surface area contributed by atoms with Gasteiger partial charge >= 0.3 is 0 Å². The molecule has 2 amide bonds. The Morgan fingerprint density at radius 2 is 1.77 bits per heavy atom. The predicted molar refractivity (Wildman–Crippen MR) is 116 cm³/mol. The van der Waals surface area contributed by atoms with Crippen LogP contribution in [-0.2, 0) is 4.79 Å². The minimum Gasteiger partial charge on any atom is -0.494 e. The molecule has 5 nitrogen and oxygen atoms in total. The average molecular weight is 408 g/mol. The number of fused-ring (bicyclic) bond motifs is 1. The molecule has 0 aliphatic heterocycles. The lowest BCUT2D eigenvalue weighted by Crippen LogP contribution is -2.39. The zero-order chi connectivity index (χ0) is 21.7. The van der Waals surface area contributed by atoms with E-state index in [1.807, 2.05) is 50.2 Å². The molecule has 0 bridgehead atoms. The van der Waals surface area contributed by atoms with Gasteiger partial charge in [0.05, 0.1) is 7.11 Å². The second-order valence-electron chi connectivity index (χ2n) is 7.24. The van der Waals surface area contributed by atoms with Crippen molar-refractivity contribution in [1.29, 1.82) is 0 Å². The van der Waals surface area contributed by atoms with Crippen molar-refractivity contribution < 1.29 is 18.7 Å². The fourth-order valence-corrected chi connectivity index (χ4v) is 3.37. The smallest absolute Gasteiger partial charge is 0.251 e. The molecule has 0 radical (unpaired) electrons. The van der Waals surface area contributed by atoms with Crippen molar-refractivity contribution in [2.24, 2.45) is 0 Å². The molecule has 0 spiro atoms. The molecule has 3 aromatic carbocycles. The van der Waals surface area contributed by atoms with Gasteiger partial charge in [-0.2, -0.15) is 0 Å². The summed E-state index contributed by atoms with van der Waals surface area (Å²) in [5.41, 5.74) is 0.994. The molecule has 0 aromatic heterocycles. The fourth-order valence-electron chi connectivity index (χ4n) is 3.37. The molecule has 3 aromatic rings. The molecule has 30 heavy (non-hydrogen) atoms. The number of ether oxygens (including phenoxy) is 1. The Labute approximate surface area is 175 Å². The average Bonchev–Trinajstić information content (AvgIpc) is 2.73. The normalized spacial score (nSPS) is 10.8. The number of anilines is 1. The molecule has 1 N–H and O–H groups in total. The van der Waals surface area contributed by atoms with Gasteiger partial charge < -0.3 is 15.0 Å². The first-order chi connectivity index (χ1) is 14.4. The topological polar surface area (TPSA) is 58.6 Å². The summed E-state index contributed by atoms with van der Waals surface area (Å²) in [6, 6.07) is 17.5. The molecule has 0 fully saturated rings. The minimum atomic E-state index is -0.530. The van der Waals surface area contributed by atoms with E-state index in [0.717, 1.165) is 10.8 Å². The molecule has 0 saturated heterocycles. The quantitative estimate of drug-likeness (QED) is 0.624. The van der Waals surface area contributed by atoms with E-state index in [1.165, 1.54) is 24.1 Å². The summed E-state index contributed by atoms with van der Waals surface area (Å²) in [4.78, 5) is 26.7. The first kappa shape index (κ1) is 21.3. The van der Waals surface area contributed by atoms with Crippen LogP contribution in [-0.4, -0.2) is 31.5 Å². The summed E-state index contributed by atoms with van der Waals surface area (Å²) >= 11 is 0. The first-order valence-corrected chi connectivity index (χ1v) is 9.83. The number of hydrogen-bond acceptors (Lipinski definition) is 3. The molecule has 3 rings (SSSR count). The highest BCUT2D eigenvalue weighted by Gasteiger charge is 2.20. The van der Waals surface area contributed by atoms with E-state index in [1.54, 1.807) is 12.1 Å². The van der Waals surface area contributed by atoms with Gasteiger partial charge in [0, 0.05) is 36.3 Å². The molecule has 0 saturated carbocycles. The molecular weight excluding hydrogens is 383 g/mol. The summed E-state index contributed by atoms with van der Waals surface area (Å²) < 4.78 is 19.0. The van der Waals surface area contributed by atoms with Gasteiger partial charge in [-0.1, -0.05) is 30.3 Å². The summed E-state index contributed by atoms with van der Waals surface area (Å²) in [6.45, 7) is 3.90. The van der Waals surface area contributed by atoms with Crippen LogP contribution in [0, 0.1) is 5.82 Å². The molecule has 0 atom stereocenters. The Kier molecular flexibility index (Phi) is 6.67. The monoisotopic (exact) mass is 408 g/mol. The van der Waals surface area contributed by atoms with E-state index in [0.29, 0.717) is 11.3 Å². The van der Waals surface area contributed by atoms with Crippen LogP contribution in [0.2, 0.25) is 0 Å². The number of hydrogen-bond donors (Lipinski definition) is 1. The van der Waals surface area contributed by atoms with Crippen molar-refractivity contribution in [2.45, 2.75) is 26.3 Å². The standard InChI is InChI=1S/C24H25FN2O3/c1-16(2)27(20-10-11-22(30-3)21(25)15-20)23(28)12-13-26-24(29)19-9-8-17-6-4-5-7-18(17)14-19/h4-11,14-16H,12-13H2,1-3H3,(H,26,29). The highest BCUT2D eigenvalue weighted by molar-refractivity contribution is 5.99. The third kappa shape index (κ3) is 4.76. The van der Waals surface area contributed by atoms with E-state index in [9.17, 15) is 14.0 Å². The Balaban J connectivity index is 1.63. The maximum Gasteiger partial charge on any atom is 0.251 e. The van der Waals surface area contributed by atoms with Crippen molar-refractivity contribution in [3.8, 4) is 5.75 Å². The molecule has 0 heterocycles. The van der Waals surface area contributed by atoms with Gasteiger partial charge in [-0.05, 0) is 48.9 Å². The molecule has 156 valence electrons. The van der Waals surface area contributed by atoms with Crippen LogP contribution in [0.5, 0.6) is 5.75 Å². The van der Waals surface area contributed by atoms with E-state index >= 15 is 0 Å². The van der Waals surface area contributed by atoms with Crippen LogP contribution in [0.3, 0.4) is 0 Å². The SMILES string of the molecule is COc1ccc(N(C(=O)CCNC(=O)c2ccc3ccccc3c2)C(C)C)cc1F. The second-order valence-corrected chi connectivity index (χ2v) is 7.24. The Morgan fingerprint density at radius 1 is 1.03 bits per heavy atom. The Hall–Kier alpha value is -3.41. The van der Waals surface area contributed by atoms with Gasteiger partial charge in [-0.3, -0.25) is 9.59 Å². The van der Waals surface area contributed by atoms with E-state index in [4.69, 9.17) is 4.74 Å². The molecule has 0 aliphatic carbocycles. The van der Waals surface area contributed by atoms with Crippen LogP contribution in [0.25, 0.3) is 10.8 Å². The lowest BCUT2D eigenvalue weighted by molar-refractivity contribution is -0.118. The van der Waals surface area contributed by atoms with Crippen molar-refractivity contribution >= 4 is 28.3 Å². The third-order valence-electron chi connectivity index (χ3n) is 4.83. The van der Waals surface area contributed by atoms with Gasteiger partial charge in [0.25, 0.3) is 5.91 Å². The van der Waals surface area contributed by atoms with Gasteiger partial charge in [0.2, 0.25) is 5.91 Å². The van der Waals surface area contributed by atoms with Crippen LogP contribution in [0.1, 0.15) is 30.6 Å². The number of amides is 2. The Morgan fingerprint density at radius 3 is 2.43 bits per heavy atom. The summed E-state index contributed by atoms with van der Waals surface area (Å²) in [5.74, 6) is -0.843. The van der Waals surface area contributed by atoms with Crippen molar-refractivity contribution in [3.63, 3.8) is 0 Å². The number of methoxy groups -OCH3 is 1. The summed E-state index contributed by atoms with van der Waals surface area (Å²) in [7, 11) is 1.39. The maximum atomic E-state index is 14.1. The third-order valence-corrected chi connectivity index (χ3v) is 4.83. The van der Waals surface area contributed by atoms with Crippen LogP contribution in [0.15, 0.2) is 60.7 Å². The first-order valence-electron chi connectivity index (χ1n) is 9.83. The summed E-state index contributed by atoms with van der Waals surface area (Å²) in [6.07, 6.45) is 0.102. The van der Waals surface area contributed by atoms with Crippen molar-refractivity contribution in [3.05, 3.63) is 72.0 Å². The highest BCUT2D eigenvalue weighted by atomic mass is 19.1. The fraction of sp³-hybridized carbons (Fsp3) is 0.250. The zero-order valence-electron chi connectivity index (χ0n) is 17.3. The van der Waals surface area contributed by atoms with Crippen molar-refractivity contribution in [2.75, 3.05) is 18.6 Å². The van der Waals surface area contributed by atoms with Gasteiger partial charge in [0.1, 0.15) is 0 Å². The van der Waals surface area contributed by atoms with Crippen LogP contribution in [0.4, 0.5) is 10.1 Å². The van der Waals surface area contributed by atoms with Crippen molar-refractivity contribution in [1.82, 2.24) is 5.32 Å². The molecule has 6 heteroatoms. The number of benzene rings is 3. The van der Waals surface area contributed by atoms with Gasteiger partial charge in [-0.25, -0.2) is 4.39 Å². The number of nitrogens with zero attached hydrogens (tertiary/aromatic N) is 1. The van der Waals surface area contributed by atoms with Gasteiger partial charge in [0.15, 0.2) is 11.6 Å². The van der Waals surface area contributed by atoms with E-state index in [2.05, 4.69) is 5.32 Å². The number of rotatable bonds is 7. The minimum absolute atomic E-state index is 0.102. The van der Waals surface area contributed by atoms with Gasteiger partial charge in [-0.15, -0.1) is 0 Å². The Bertz CT molecular complexity index is 1070. The largest absolute Gasteiger partial charge is 0.494 e. The lowest BCUT2D eigenvalue weighted by atomic mass is 10.1. The zero-order valence-corrected chi connectivity index (χ0v) is 17.3. The number of carbonyl (C=O) groups is 2. The number of nitrogens with one attached hydrogen (secondary N) is 1. The van der Waals surface area contributed by atoms with E-state index < -0.39 is 5.82 Å². The lowest BCUT2D eigenvalue weighted by Gasteiger charge is -2.27. The molecular formula is C24H25FN2O3. The second kappa shape index (κ2) is 9.39. The molecule has 0 unspecified atom stereocenters. The van der Waals surface area contributed by atoms with E-state index in [-0.39, 0.29) is 36.6 Å². The van der Waals surface area contributed by atoms with Crippen LogP contribution < -0.4 is 15.0 Å².